The molecule has 0 saturated carbocycles. The molecule has 0 aliphatic heterocycles. The Morgan fingerprint density at radius 2 is 1.59 bits per heavy atom. The minimum Gasteiger partial charge on any atom is -0.464 e. The Balaban J connectivity index is 2.00. The fraction of sp³-hybridized carbons (Fsp3) is 0.515. The van der Waals surface area contributed by atoms with Crippen LogP contribution in [0.5, 0.6) is 0 Å². The number of carbonyl (C=O) groups is 2. The van der Waals surface area contributed by atoms with E-state index in [9.17, 15) is 9.59 Å². The van der Waals surface area contributed by atoms with Crippen molar-refractivity contribution in [3.63, 3.8) is 0 Å². The predicted octanol–water partition coefficient (Wildman–Crippen LogP) is 7.53. The van der Waals surface area contributed by atoms with Crippen molar-refractivity contribution < 1.29 is 19.1 Å². The van der Waals surface area contributed by atoms with Gasteiger partial charge in [0, 0.05) is 25.2 Å². The normalized spacial score (nSPS) is 11.7. The molecule has 0 heterocycles. The Bertz CT molecular complexity index is 986. The standard InChI is InChI=1S/C33H48N2O4/c1-6-9-10-11-12-22-35(33(37)34-30-19-17-29(18-20-30)26(4)5)23-21-27-13-15-28(16-14-27)25-31(39-24-7-2)32(36)38-8-3/h7,13-20,26,31H,2,6,8-12,21-25H2,1,3-5H3,(H,34,37). The van der Waals surface area contributed by atoms with Gasteiger partial charge in [-0.1, -0.05) is 88.9 Å². The minimum absolute atomic E-state index is 0.0592. The summed E-state index contributed by atoms with van der Waals surface area (Å²) >= 11 is 0. The van der Waals surface area contributed by atoms with E-state index in [4.69, 9.17) is 9.47 Å². The molecule has 0 saturated heterocycles. The molecule has 39 heavy (non-hydrogen) atoms. The zero-order valence-electron chi connectivity index (χ0n) is 24.4. The highest BCUT2D eigenvalue weighted by atomic mass is 16.6. The summed E-state index contributed by atoms with van der Waals surface area (Å²) in [5.41, 5.74) is 4.21. The van der Waals surface area contributed by atoms with Crippen molar-refractivity contribution in [2.24, 2.45) is 0 Å². The maximum atomic E-state index is 13.2. The number of nitrogens with zero attached hydrogens (tertiary/aromatic N) is 1. The molecule has 214 valence electrons. The van der Waals surface area contributed by atoms with Crippen molar-refractivity contribution in [1.82, 2.24) is 4.90 Å². The number of ether oxygens (including phenoxy) is 2. The molecule has 0 bridgehead atoms. The van der Waals surface area contributed by atoms with Gasteiger partial charge in [-0.15, -0.1) is 6.58 Å². The number of urea groups is 1. The lowest BCUT2D eigenvalue weighted by Gasteiger charge is -2.23. The Morgan fingerprint density at radius 3 is 2.21 bits per heavy atom. The number of esters is 1. The van der Waals surface area contributed by atoms with E-state index in [2.05, 4.69) is 56.9 Å². The lowest BCUT2D eigenvalue weighted by molar-refractivity contribution is -0.155. The molecule has 2 rings (SSSR count). The summed E-state index contributed by atoms with van der Waals surface area (Å²) in [6.07, 6.45) is 7.93. The van der Waals surface area contributed by atoms with Crippen molar-refractivity contribution in [2.45, 2.75) is 84.7 Å². The Kier molecular flexibility index (Phi) is 15.0. The first kappa shape index (κ1) is 32.1. The minimum atomic E-state index is -0.657. The first-order valence-corrected chi connectivity index (χ1v) is 14.5. The van der Waals surface area contributed by atoms with Crippen LogP contribution in [0.1, 0.15) is 82.4 Å². The third-order valence-corrected chi connectivity index (χ3v) is 6.73. The largest absolute Gasteiger partial charge is 0.464 e. The zero-order valence-corrected chi connectivity index (χ0v) is 24.4. The Hall–Kier alpha value is -3.12. The second-order valence-corrected chi connectivity index (χ2v) is 10.2. The van der Waals surface area contributed by atoms with Crippen LogP contribution in [0.2, 0.25) is 0 Å². The number of carbonyl (C=O) groups excluding carboxylic acids is 2. The second-order valence-electron chi connectivity index (χ2n) is 10.2. The Labute approximate surface area is 235 Å². The number of hydrogen-bond acceptors (Lipinski definition) is 4. The van der Waals surface area contributed by atoms with Crippen LogP contribution in [0.4, 0.5) is 10.5 Å². The van der Waals surface area contributed by atoms with Crippen molar-refractivity contribution in [3.8, 4) is 0 Å². The highest BCUT2D eigenvalue weighted by Crippen LogP contribution is 2.18. The third-order valence-electron chi connectivity index (χ3n) is 6.73. The highest BCUT2D eigenvalue weighted by molar-refractivity contribution is 5.89. The summed E-state index contributed by atoms with van der Waals surface area (Å²) < 4.78 is 10.8. The van der Waals surface area contributed by atoms with Crippen molar-refractivity contribution in [2.75, 3.05) is 31.6 Å². The second kappa shape index (κ2) is 18.2. The highest BCUT2D eigenvalue weighted by Gasteiger charge is 2.21. The van der Waals surface area contributed by atoms with Gasteiger partial charge in [-0.3, -0.25) is 0 Å². The molecular weight excluding hydrogens is 488 g/mol. The van der Waals surface area contributed by atoms with E-state index < -0.39 is 6.10 Å². The number of hydrogen-bond donors (Lipinski definition) is 1. The molecule has 1 atom stereocenters. The zero-order chi connectivity index (χ0) is 28.5. The van der Waals surface area contributed by atoms with Gasteiger partial charge in [-0.25, -0.2) is 9.59 Å². The van der Waals surface area contributed by atoms with Crippen LogP contribution in [0.15, 0.2) is 61.2 Å². The van der Waals surface area contributed by atoms with Crippen LogP contribution >= 0.6 is 0 Å². The number of anilines is 1. The van der Waals surface area contributed by atoms with E-state index in [1.54, 1.807) is 13.0 Å². The molecule has 0 fully saturated rings. The first-order valence-electron chi connectivity index (χ1n) is 14.5. The molecule has 0 aliphatic rings. The van der Waals surface area contributed by atoms with Gasteiger partial charge in [0.25, 0.3) is 0 Å². The molecule has 1 unspecified atom stereocenters. The molecule has 6 heteroatoms. The topological polar surface area (TPSA) is 67.9 Å². The van der Waals surface area contributed by atoms with Crippen LogP contribution in [0.25, 0.3) is 0 Å². The van der Waals surface area contributed by atoms with Gasteiger partial charge < -0.3 is 19.7 Å². The van der Waals surface area contributed by atoms with Gasteiger partial charge in [0.1, 0.15) is 0 Å². The summed E-state index contributed by atoms with van der Waals surface area (Å²) in [4.78, 5) is 27.4. The fourth-order valence-electron chi connectivity index (χ4n) is 4.32. The lowest BCUT2D eigenvalue weighted by Crippen LogP contribution is -2.37. The summed E-state index contributed by atoms with van der Waals surface area (Å²) in [6.45, 7) is 14.0. The maximum absolute atomic E-state index is 13.2. The van der Waals surface area contributed by atoms with Gasteiger partial charge in [0.05, 0.1) is 13.2 Å². The van der Waals surface area contributed by atoms with E-state index in [0.717, 1.165) is 42.6 Å². The molecular formula is C33H48N2O4. The van der Waals surface area contributed by atoms with Crippen molar-refractivity contribution in [3.05, 3.63) is 77.9 Å². The fourth-order valence-corrected chi connectivity index (χ4v) is 4.32. The molecule has 2 amide bonds. The first-order chi connectivity index (χ1) is 18.9. The average molecular weight is 537 g/mol. The van der Waals surface area contributed by atoms with E-state index in [-0.39, 0.29) is 12.0 Å². The van der Waals surface area contributed by atoms with Crippen molar-refractivity contribution in [1.29, 1.82) is 0 Å². The van der Waals surface area contributed by atoms with Crippen LogP contribution in [-0.4, -0.2) is 49.3 Å². The average Bonchev–Trinajstić information content (AvgIpc) is 2.93. The van der Waals surface area contributed by atoms with Crippen LogP contribution < -0.4 is 5.32 Å². The molecule has 0 aliphatic carbocycles. The SMILES string of the molecule is C=CCOC(Cc1ccc(CCN(CCCCCCC)C(=O)Nc2ccc(C(C)C)cc2)cc1)C(=O)OCC. The molecule has 2 aromatic carbocycles. The lowest BCUT2D eigenvalue weighted by atomic mass is 10.0. The van der Waals surface area contributed by atoms with Gasteiger partial charge in [0.2, 0.25) is 0 Å². The van der Waals surface area contributed by atoms with E-state index in [1.807, 2.05) is 29.2 Å². The maximum Gasteiger partial charge on any atom is 0.335 e. The van der Waals surface area contributed by atoms with Crippen LogP contribution in [-0.2, 0) is 27.1 Å². The summed E-state index contributed by atoms with van der Waals surface area (Å²) in [7, 11) is 0. The van der Waals surface area contributed by atoms with Crippen molar-refractivity contribution >= 4 is 17.7 Å². The van der Waals surface area contributed by atoms with E-state index in [1.165, 1.54) is 24.8 Å². The number of rotatable bonds is 18. The third kappa shape index (κ3) is 12.1. The van der Waals surface area contributed by atoms with Gasteiger partial charge >= 0.3 is 12.0 Å². The summed E-state index contributed by atoms with van der Waals surface area (Å²) in [5.74, 6) is 0.0966. The quantitative estimate of drug-likeness (QED) is 0.121. The van der Waals surface area contributed by atoms with Gasteiger partial charge in [-0.2, -0.15) is 0 Å². The number of benzene rings is 2. The molecule has 2 aromatic rings. The van der Waals surface area contributed by atoms with E-state index in [0.29, 0.717) is 32.1 Å². The van der Waals surface area contributed by atoms with Gasteiger partial charge in [-0.05, 0) is 54.5 Å². The molecule has 0 radical (unpaired) electrons. The number of nitrogens with one attached hydrogen (secondary N) is 1. The van der Waals surface area contributed by atoms with E-state index >= 15 is 0 Å². The number of amides is 2. The molecule has 1 N–H and O–H groups in total. The van der Waals surface area contributed by atoms with Gasteiger partial charge in [0.15, 0.2) is 6.10 Å². The summed E-state index contributed by atoms with van der Waals surface area (Å²) in [5, 5.41) is 3.09. The smallest absolute Gasteiger partial charge is 0.335 e. The summed E-state index contributed by atoms with van der Waals surface area (Å²) in [6, 6.07) is 16.2. The van der Waals surface area contributed by atoms with Crippen LogP contribution in [0.3, 0.4) is 0 Å². The number of unbranched alkanes of at least 4 members (excludes halogenated alkanes) is 4. The predicted molar refractivity (Wildman–Crippen MR) is 160 cm³/mol. The van der Waals surface area contributed by atoms with Crippen LogP contribution in [0, 0.1) is 0 Å². The molecule has 0 spiro atoms. The molecule has 0 aromatic heterocycles. The molecule has 6 nitrogen and oxygen atoms in total. The Morgan fingerprint density at radius 1 is 0.923 bits per heavy atom. The monoisotopic (exact) mass is 536 g/mol.